The minimum atomic E-state index is -0.262. The van der Waals surface area contributed by atoms with Crippen molar-refractivity contribution in [3.8, 4) is 28.4 Å². The molecule has 1 saturated carbocycles. The Kier molecular flexibility index (Phi) is 4.92. The van der Waals surface area contributed by atoms with Crippen LogP contribution in [0.4, 0.5) is 0 Å². The van der Waals surface area contributed by atoms with Crippen molar-refractivity contribution < 1.29 is 23.7 Å². The van der Waals surface area contributed by atoms with Crippen LogP contribution in [0.5, 0.6) is 17.2 Å². The number of fused-ring (bicyclic) bond motifs is 1. The molecule has 1 fully saturated rings. The molecule has 0 atom stereocenters. The van der Waals surface area contributed by atoms with Crippen molar-refractivity contribution in [1.82, 2.24) is 0 Å². The lowest BCUT2D eigenvalue weighted by Crippen LogP contribution is -2.06. The van der Waals surface area contributed by atoms with E-state index in [1.54, 1.807) is 7.11 Å². The number of ether oxygens (including phenoxy) is 4. The zero-order valence-electron chi connectivity index (χ0n) is 15.7. The molecule has 4 rings (SSSR count). The summed E-state index contributed by atoms with van der Waals surface area (Å²) in [6, 6.07) is 9.62. The maximum atomic E-state index is 11.7. The minimum Gasteiger partial charge on any atom is -0.493 e. The van der Waals surface area contributed by atoms with Gasteiger partial charge in [-0.2, -0.15) is 0 Å². The van der Waals surface area contributed by atoms with E-state index in [4.69, 9.17) is 18.9 Å². The van der Waals surface area contributed by atoms with Crippen LogP contribution >= 0.6 is 0 Å². The summed E-state index contributed by atoms with van der Waals surface area (Å²) in [5.74, 6) is 2.39. The quantitative estimate of drug-likeness (QED) is 0.637. The van der Waals surface area contributed by atoms with E-state index < -0.39 is 0 Å². The Balaban J connectivity index is 1.76. The van der Waals surface area contributed by atoms with Crippen LogP contribution in [0, 0.1) is 5.92 Å². The predicted octanol–water partition coefficient (Wildman–Crippen LogP) is 4.61. The van der Waals surface area contributed by atoms with Crippen molar-refractivity contribution in [2.75, 3.05) is 20.3 Å². The Morgan fingerprint density at radius 2 is 1.89 bits per heavy atom. The van der Waals surface area contributed by atoms with Crippen molar-refractivity contribution in [3.63, 3.8) is 0 Å². The standard InChI is InChI=1S/C22H24O5/c1-3-10-25-20-17(15-6-7-18-16(11-15)13-27-22(18)23)8-9-19(24-2)21(20)26-12-14-4-5-14/h6-9,11,14H,3-5,10,12-13H2,1-2H3. The first-order valence-electron chi connectivity index (χ1n) is 9.48. The SMILES string of the molecule is CCCOc1c(-c2ccc3c(c2)COC3=O)ccc(OC)c1OCC1CC1. The average molecular weight is 368 g/mol. The molecule has 0 amide bonds. The fourth-order valence-electron chi connectivity index (χ4n) is 3.20. The van der Waals surface area contributed by atoms with Crippen LogP contribution in [0.25, 0.3) is 11.1 Å². The van der Waals surface area contributed by atoms with Crippen LogP contribution in [-0.2, 0) is 11.3 Å². The van der Waals surface area contributed by atoms with Crippen LogP contribution in [0.2, 0.25) is 0 Å². The number of carbonyl (C=O) groups excluding carboxylic acids is 1. The first kappa shape index (κ1) is 17.7. The smallest absolute Gasteiger partial charge is 0.338 e. The number of esters is 1. The zero-order chi connectivity index (χ0) is 18.8. The van der Waals surface area contributed by atoms with Gasteiger partial charge in [0.2, 0.25) is 5.75 Å². The van der Waals surface area contributed by atoms with Crippen molar-refractivity contribution in [3.05, 3.63) is 41.5 Å². The van der Waals surface area contributed by atoms with Gasteiger partial charge in [0.1, 0.15) is 6.61 Å². The van der Waals surface area contributed by atoms with Crippen molar-refractivity contribution in [2.24, 2.45) is 5.92 Å². The molecule has 0 N–H and O–H groups in total. The molecule has 0 radical (unpaired) electrons. The molecule has 0 saturated heterocycles. The summed E-state index contributed by atoms with van der Waals surface area (Å²) in [7, 11) is 1.64. The maximum absolute atomic E-state index is 11.7. The maximum Gasteiger partial charge on any atom is 0.338 e. The third kappa shape index (κ3) is 3.59. The molecule has 1 aliphatic heterocycles. The molecular weight excluding hydrogens is 344 g/mol. The van der Waals surface area contributed by atoms with E-state index in [1.807, 2.05) is 30.3 Å². The van der Waals surface area contributed by atoms with Crippen LogP contribution in [-0.4, -0.2) is 26.3 Å². The van der Waals surface area contributed by atoms with Gasteiger partial charge in [-0.1, -0.05) is 13.0 Å². The number of hydrogen-bond acceptors (Lipinski definition) is 5. The molecule has 0 bridgehead atoms. The second-order valence-corrected chi connectivity index (χ2v) is 7.02. The molecule has 0 aromatic heterocycles. The van der Waals surface area contributed by atoms with E-state index in [9.17, 15) is 4.79 Å². The van der Waals surface area contributed by atoms with Gasteiger partial charge in [0.15, 0.2) is 11.5 Å². The van der Waals surface area contributed by atoms with E-state index in [2.05, 4.69) is 6.92 Å². The van der Waals surface area contributed by atoms with Crippen molar-refractivity contribution in [1.29, 1.82) is 0 Å². The Morgan fingerprint density at radius 3 is 2.63 bits per heavy atom. The summed E-state index contributed by atoms with van der Waals surface area (Å²) in [5.41, 5.74) is 3.43. The number of carbonyl (C=O) groups is 1. The Bertz CT molecular complexity index is 854. The van der Waals surface area contributed by atoms with Crippen LogP contribution in [0.15, 0.2) is 30.3 Å². The highest BCUT2D eigenvalue weighted by Crippen LogP contribution is 2.46. The fraction of sp³-hybridized carbons (Fsp3) is 0.409. The summed E-state index contributed by atoms with van der Waals surface area (Å²) in [4.78, 5) is 11.7. The van der Waals surface area contributed by atoms with Crippen molar-refractivity contribution >= 4 is 5.97 Å². The second kappa shape index (κ2) is 7.51. The molecule has 2 aromatic carbocycles. The molecule has 0 unspecified atom stereocenters. The van der Waals surface area contributed by atoms with Crippen LogP contribution < -0.4 is 14.2 Å². The van der Waals surface area contributed by atoms with E-state index in [0.717, 1.165) is 23.1 Å². The van der Waals surface area contributed by atoms with Gasteiger partial charge >= 0.3 is 5.97 Å². The van der Waals surface area contributed by atoms with E-state index in [-0.39, 0.29) is 5.97 Å². The summed E-state index contributed by atoms with van der Waals surface area (Å²) in [6.45, 7) is 3.65. The number of hydrogen-bond donors (Lipinski definition) is 0. The lowest BCUT2D eigenvalue weighted by molar-refractivity contribution is 0.0535. The summed E-state index contributed by atoms with van der Waals surface area (Å²) < 4.78 is 22.9. The van der Waals surface area contributed by atoms with Gasteiger partial charge in [-0.05, 0) is 55.0 Å². The van der Waals surface area contributed by atoms with Gasteiger partial charge in [-0.15, -0.1) is 0 Å². The second-order valence-electron chi connectivity index (χ2n) is 7.02. The molecule has 1 heterocycles. The topological polar surface area (TPSA) is 54.0 Å². The van der Waals surface area contributed by atoms with E-state index in [1.165, 1.54) is 12.8 Å². The normalized spacial score (nSPS) is 15.3. The lowest BCUT2D eigenvalue weighted by atomic mass is 9.99. The number of cyclic esters (lactones) is 1. The molecule has 2 aliphatic rings. The Labute approximate surface area is 159 Å². The largest absolute Gasteiger partial charge is 0.493 e. The number of rotatable bonds is 8. The zero-order valence-corrected chi connectivity index (χ0v) is 15.7. The van der Waals surface area contributed by atoms with Gasteiger partial charge < -0.3 is 18.9 Å². The van der Waals surface area contributed by atoms with Crippen molar-refractivity contribution in [2.45, 2.75) is 32.8 Å². The van der Waals surface area contributed by atoms with Gasteiger partial charge in [0.05, 0.1) is 25.9 Å². The first-order valence-corrected chi connectivity index (χ1v) is 9.48. The average Bonchev–Trinajstić information content (AvgIpc) is 3.46. The number of methoxy groups -OCH3 is 1. The summed E-state index contributed by atoms with van der Waals surface area (Å²) in [5, 5.41) is 0. The predicted molar refractivity (Wildman–Crippen MR) is 102 cm³/mol. The highest BCUT2D eigenvalue weighted by atomic mass is 16.5. The molecule has 27 heavy (non-hydrogen) atoms. The molecule has 0 spiro atoms. The monoisotopic (exact) mass is 368 g/mol. The summed E-state index contributed by atoms with van der Waals surface area (Å²) >= 11 is 0. The fourth-order valence-corrected chi connectivity index (χ4v) is 3.20. The molecule has 5 heteroatoms. The molecule has 1 aliphatic carbocycles. The van der Waals surface area contributed by atoms with Gasteiger partial charge in [0.25, 0.3) is 0 Å². The van der Waals surface area contributed by atoms with Gasteiger partial charge in [0, 0.05) is 11.1 Å². The third-order valence-electron chi connectivity index (χ3n) is 4.90. The third-order valence-corrected chi connectivity index (χ3v) is 4.90. The lowest BCUT2D eigenvalue weighted by Gasteiger charge is -2.19. The highest BCUT2D eigenvalue weighted by Gasteiger charge is 2.26. The van der Waals surface area contributed by atoms with Crippen LogP contribution in [0.1, 0.15) is 42.1 Å². The van der Waals surface area contributed by atoms with E-state index >= 15 is 0 Å². The molecule has 5 nitrogen and oxygen atoms in total. The Hall–Kier alpha value is -2.69. The highest BCUT2D eigenvalue weighted by molar-refractivity contribution is 5.94. The summed E-state index contributed by atoms with van der Waals surface area (Å²) in [6.07, 6.45) is 3.32. The van der Waals surface area contributed by atoms with Gasteiger partial charge in [-0.3, -0.25) is 0 Å². The van der Waals surface area contributed by atoms with Crippen LogP contribution in [0.3, 0.4) is 0 Å². The molecule has 142 valence electrons. The minimum absolute atomic E-state index is 0.262. The Morgan fingerprint density at radius 1 is 1.07 bits per heavy atom. The van der Waals surface area contributed by atoms with Gasteiger partial charge in [-0.25, -0.2) is 4.79 Å². The van der Waals surface area contributed by atoms with E-state index in [0.29, 0.717) is 48.6 Å². The number of benzene rings is 2. The molecule has 2 aromatic rings. The first-order chi connectivity index (χ1) is 13.2. The molecular formula is C22H24O5.